The summed E-state index contributed by atoms with van der Waals surface area (Å²) in [6.07, 6.45) is 6.92. The first-order chi connectivity index (χ1) is 11.6. The van der Waals surface area contributed by atoms with Crippen LogP contribution in [0.3, 0.4) is 0 Å². The van der Waals surface area contributed by atoms with Crippen molar-refractivity contribution in [3.05, 3.63) is 30.6 Å². The molecular formula is C15H23N7O2. The largest absolute Gasteiger partial charge is 0.374 e. The van der Waals surface area contributed by atoms with E-state index in [1.807, 2.05) is 20.3 Å². The number of amides is 1. The molecule has 9 nitrogen and oxygen atoms in total. The summed E-state index contributed by atoms with van der Waals surface area (Å²) < 4.78 is 9.25. The fraction of sp³-hybridized carbons (Fsp3) is 0.600. The monoisotopic (exact) mass is 333 g/mol. The third-order valence-electron chi connectivity index (χ3n) is 4.04. The van der Waals surface area contributed by atoms with Gasteiger partial charge in [-0.3, -0.25) is 19.1 Å². The van der Waals surface area contributed by atoms with Gasteiger partial charge in [-0.15, -0.1) is 0 Å². The average Bonchev–Trinajstić information content (AvgIpc) is 3.19. The number of likely N-dealkylation sites (N-methyl/N-ethyl adjacent to an activating group) is 1. The number of carbonyl (C=O) groups excluding carboxylic acids is 1. The van der Waals surface area contributed by atoms with Crippen molar-refractivity contribution in [3.8, 4) is 0 Å². The van der Waals surface area contributed by atoms with Crippen LogP contribution in [0.1, 0.15) is 5.56 Å². The third kappa shape index (κ3) is 4.39. The zero-order valence-electron chi connectivity index (χ0n) is 14.1. The maximum atomic E-state index is 12.4. The Bertz CT molecular complexity index is 655. The van der Waals surface area contributed by atoms with Crippen molar-refractivity contribution in [2.45, 2.75) is 19.2 Å². The van der Waals surface area contributed by atoms with E-state index >= 15 is 0 Å². The molecule has 0 aliphatic carbocycles. The van der Waals surface area contributed by atoms with Crippen LogP contribution < -0.4 is 0 Å². The van der Waals surface area contributed by atoms with E-state index in [4.69, 9.17) is 4.74 Å². The van der Waals surface area contributed by atoms with E-state index in [0.717, 1.165) is 12.1 Å². The molecule has 0 saturated carbocycles. The predicted molar refractivity (Wildman–Crippen MR) is 85.9 cm³/mol. The molecule has 2 aromatic rings. The van der Waals surface area contributed by atoms with Gasteiger partial charge in [0.2, 0.25) is 5.91 Å². The number of carbonyl (C=O) groups is 1. The lowest BCUT2D eigenvalue weighted by Crippen LogP contribution is -2.48. The molecule has 3 heterocycles. The number of aryl methyl sites for hydroxylation is 1. The van der Waals surface area contributed by atoms with Crippen LogP contribution in [0.15, 0.2) is 25.0 Å². The zero-order chi connectivity index (χ0) is 16.9. The number of rotatable bonds is 6. The van der Waals surface area contributed by atoms with Crippen LogP contribution in [-0.2, 0) is 29.7 Å². The van der Waals surface area contributed by atoms with Gasteiger partial charge >= 0.3 is 0 Å². The van der Waals surface area contributed by atoms with E-state index in [2.05, 4.69) is 20.1 Å². The first-order valence-corrected chi connectivity index (χ1v) is 7.98. The van der Waals surface area contributed by atoms with Crippen molar-refractivity contribution in [1.29, 1.82) is 0 Å². The van der Waals surface area contributed by atoms with Crippen LogP contribution in [-0.4, -0.2) is 79.6 Å². The molecule has 0 unspecified atom stereocenters. The molecule has 1 aliphatic rings. The highest BCUT2D eigenvalue weighted by Gasteiger charge is 2.24. The quantitative estimate of drug-likeness (QED) is 0.700. The minimum Gasteiger partial charge on any atom is -0.374 e. The maximum absolute atomic E-state index is 12.4. The molecule has 0 bridgehead atoms. The van der Waals surface area contributed by atoms with E-state index in [-0.39, 0.29) is 12.0 Å². The normalized spacial score (nSPS) is 18.7. The Morgan fingerprint density at radius 3 is 3.04 bits per heavy atom. The number of hydrogen-bond acceptors (Lipinski definition) is 6. The smallest absolute Gasteiger partial charge is 0.236 e. The average molecular weight is 333 g/mol. The Morgan fingerprint density at radius 1 is 1.46 bits per heavy atom. The van der Waals surface area contributed by atoms with Gasteiger partial charge in [-0.2, -0.15) is 10.2 Å². The van der Waals surface area contributed by atoms with Gasteiger partial charge in [-0.25, -0.2) is 4.98 Å². The lowest BCUT2D eigenvalue weighted by Gasteiger charge is -2.33. The number of morpholine rings is 1. The minimum absolute atomic E-state index is 0.0249. The minimum atomic E-state index is 0.0249. The van der Waals surface area contributed by atoms with Crippen molar-refractivity contribution in [3.63, 3.8) is 0 Å². The number of nitrogens with zero attached hydrogens (tertiary/aromatic N) is 7. The Balaban J connectivity index is 1.48. The molecule has 0 N–H and O–H groups in total. The molecule has 2 aromatic heterocycles. The molecule has 0 spiro atoms. The third-order valence-corrected chi connectivity index (χ3v) is 4.04. The summed E-state index contributed by atoms with van der Waals surface area (Å²) in [6.45, 7) is 3.72. The van der Waals surface area contributed by atoms with E-state index in [1.54, 1.807) is 26.8 Å². The summed E-state index contributed by atoms with van der Waals surface area (Å²) in [7, 11) is 3.69. The maximum Gasteiger partial charge on any atom is 0.236 e. The summed E-state index contributed by atoms with van der Waals surface area (Å²) in [5.74, 6) is 0.0975. The van der Waals surface area contributed by atoms with Crippen molar-refractivity contribution in [1.82, 2.24) is 34.3 Å². The van der Waals surface area contributed by atoms with Crippen molar-refractivity contribution in [2.75, 3.05) is 33.3 Å². The fourth-order valence-electron chi connectivity index (χ4n) is 2.80. The summed E-state index contributed by atoms with van der Waals surface area (Å²) in [5.41, 5.74) is 1.03. The van der Waals surface area contributed by atoms with Crippen LogP contribution in [0.5, 0.6) is 0 Å². The number of aromatic nitrogens is 5. The highest BCUT2D eigenvalue weighted by Crippen LogP contribution is 2.08. The van der Waals surface area contributed by atoms with Crippen molar-refractivity contribution >= 4 is 5.91 Å². The second-order valence-electron chi connectivity index (χ2n) is 6.12. The van der Waals surface area contributed by atoms with Gasteiger partial charge < -0.3 is 9.64 Å². The Hall–Kier alpha value is -2.26. The van der Waals surface area contributed by atoms with E-state index < -0.39 is 0 Å². The lowest BCUT2D eigenvalue weighted by atomic mass is 10.2. The van der Waals surface area contributed by atoms with Gasteiger partial charge in [0.1, 0.15) is 12.7 Å². The Labute approximate surface area is 140 Å². The lowest BCUT2D eigenvalue weighted by molar-refractivity contribution is -0.133. The summed E-state index contributed by atoms with van der Waals surface area (Å²) in [6, 6.07) is 0. The first-order valence-electron chi connectivity index (χ1n) is 7.98. The molecule has 1 aliphatic heterocycles. The SMILES string of the molecule is CN(Cc1cnn(C)c1)C(=O)CN1CCO[C@H](Cn2cncn2)C1. The van der Waals surface area contributed by atoms with E-state index in [0.29, 0.717) is 32.8 Å². The van der Waals surface area contributed by atoms with Crippen LogP contribution >= 0.6 is 0 Å². The van der Waals surface area contributed by atoms with Crippen LogP contribution in [0.25, 0.3) is 0 Å². The first kappa shape index (κ1) is 16.6. The van der Waals surface area contributed by atoms with Crippen LogP contribution in [0.4, 0.5) is 0 Å². The fourth-order valence-corrected chi connectivity index (χ4v) is 2.80. The number of hydrogen-bond donors (Lipinski definition) is 0. The second kappa shape index (κ2) is 7.54. The molecule has 1 atom stereocenters. The molecule has 130 valence electrons. The highest BCUT2D eigenvalue weighted by atomic mass is 16.5. The Kier molecular flexibility index (Phi) is 5.21. The van der Waals surface area contributed by atoms with Crippen molar-refractivity contribution < 1.29 is 9.53 Å². The molecular weight excluding hydrogens is 310 g/mol. The van der Waals surface area contributed by atoms with Gasteiger partial charge in [-0.1, -0.05) is 0 Å². The molecule has 1 fully saturated rings. The van der Waals surface area contributed by atoms with Gasteiger partial charge in [-0.05, 0) is 0 Å². The summed E-state index contributed by atoms with van der Waals surface area (Å²) in [4.78, 5) is 20.2. The Morgan fingerprint density at radius 2 is 2.33 bits per heavy atom. The summed E-state index contributed by atoms with van der Waals surface area (Å²) in [5, 5.41) is 8.23. The molecule has 0 aromatic carbocycles. The van der Waals surface area contributed by atoms with Gasteiger partial charge in [0.25, 0.3) is 0 Å². The number of ether oxygens (including phenoxy) is 1. The molecule has 1 amide bonds. The predicted octanol–water partition coefficient (Wildman–Crippen LogP) is -0.629. The topological polar surface area (TPSA) is 81.3 Å². The molecule has 0 radical (unpaired) electrons. The second-order valence-corrected chi connectivity index (χ2v) is 6.12. The molecule has 3 rings (SSSR count). The van der Waals surface area contributed by atoms with Gasteiger partial charge in [0, 0.05) is 45.5 Å². The zero-order valence-corrected chi connectivity index (χ0v) is 14.1. The van der Waals surface area contributed by atoms with Crippen molar-refractivity contribution in [2.24, 2.45) is 7.05 Å². The molecule has 1 saturated heterocycles. The molecule has 24 heavy (non-hydrogen) atoms. The van der Waals surface area contributed by atoms with Gasteiger partial charge in [0.05, 0.1) is 32.0 Å². The van der Waals surface area contributed by atoms with Crippen LogP contribution in [0, 0.1) is 0 Å². The summed E-state index contributed by atoms with van der Waals surface area (Å²) >= 11 is 0. The van der Waals surface area contributed by atoms with E-state index in [1.165, 1.54) is 6.33 Å². The van der Waals surface area contributed by atoms with Crippen LogP contribution in [0.2, 0.25) is 0 Å². The van der Waals surface area contributed by atoms with Gasteiger partial charge in [0.15, 0.2) is 0 Å². The standard InChI is InChI=1S/C15H23N7O2/c1-19(6-13-5-17-20(2)7-13)15(23)10-21-3-4-24-14(8-21)9-22-12-16-11-18-22/h5,7,11-12,14H,3-4,6,8-10H2,1-2H3/t14-/m0/s1. The molecule has 9 heteroatoms. The highest BCUT2D eigenvalue weighted by molar-refractivity contribution is 5.78. The van der Waals surface area contributed by atoms with E-state index in [9.17, 15) is 4.79 Å².